The number of thiophene rings is 1. The fourth-order valence-electron chi connectivity index (χ4n) is 2.15. The highest BCUT2D eigenvalue weighted by Gasteiger charge is 2.13. The third-order valence-corrected chi connectivity index (χ3v) is 4.00. The minimum Gasteiger partial charge on any atom is -0.321 e. The van der Waals surface area contributed by atoms with Crippen molar-refractivity contribution in [2.75, 3.05) is 5.32 Å². The second kappa shape index (κ2) is 4.94. The van der Waals surface area contributed by atoms with Crippen molar-refractivity contribution in [3.05, 3.63) is 50.7 Å². The van der Waals surface area contributed by atoms with Gasteiger partial charge in [0.15, 0.2) is 0 Å². The Morgan fingerprint density at radius 2 is 1.67 bits per heavy atom. The van der Waals surface area contributed by atoms with Crippen LogP contribution < -0.4 is 5.32 Å². The van der Waals surface area contributed by atoms with Crippen molar-refractivity contribution in [3.8, 4) is 0 Å². The Kier molecular flexibility index (Phi) is 3.53. The molecule has 1 heterocycles. The Morgan fingerprint density at radius 3 is 2.17 bits per heavy atom. The van der Waals surface area contributed by atoms with Crippen LogP contribution in [0.4, 0.5) is 5.69 Å². The zero-order chi connectivity index (χ0) is 13.3. The van der Waals surface area contributed by atoms with Crippen molar-refractivity contribution in [2.45, 2.75) is 27.7 Å². The van der Waals surface area contributed by atoms with Gasteiger partial charge in [-0.25, -0.2) is 0 Å². The standard InChI is InChI=1S/C15H17NOS/c1-9-7-11(3)13(12(4)8-9)16-15(17)14-10(2)5-6-18-14/h5-8H,1-4H3,(H,16,17). The molecule has 0 atom stereocenters. The quantitative estimate of drug-likeness (QED) is 0.859. The molecule has 0 saturated carbocycles. The summed E-state index contributed by atoms with van der Waals surface area (Å²) < 4.78 is 0. The molecule has 1 amide bonds. The van der Waals surface area contributed by atoms with E-state index < -0.39 is 0 Å². The van der Waals surface area contributed by atoms with Crippen molar-refractivity contribution < 1.29 is 4.79 Å². The van der Waals surface area contributed by atoms with Crippen LogP contribution in [0.3, 0.4) is 0 Å². The maximum atomic E-state index is 12.2. The summed E-state index contributed by atoms with van der Waals surface area (Å²) in [5, 5.41) is 4.96. The minimum absolute atomic E-state index is 0.0162. The Balaban J connectivity index is 2.31. The van der Waals surface area contributed by atoms with Crippen LogP contribution in [0, 0.1) is 27.7 Å². The predicted octanol–water partition coefficient (Wildman–Crippen LogP) is 4.23. The maximum Gasteiger partial charge on any atom is 0.266 e. The van der Waals surface area contributed by atoms with Gasteiger partial charge in [0.25, 0.3) is 5.91 Å². The number of benzene rings is 1. The number of amides is 1. The zero-order valence-corrected chi connectivity index (χ0v) is 11.9. The summed E-state index contributed by atoms with van der Waals surface area (Å²) in [6.07, 6.45) is 0. The molecule has 1 N–H and O–H groups in total. The van der Waals surface area contributed by atoms with E-state index in [1.54, 1.807) is 0 Å². The van der Waals surface area contributed by atoms with Crippen LogP contribution in [0.1, 0.15) is 31.9 Å². The Bertz CT molecular complexity index is 575. The van der Waals surface area contributed by atoms with Gasteiger partial charge < -0.3 is 5.32 Å². The number of carbonyl (C=O) groups excluding carboxylic acids is 1. The van der Waals surface area contributed by atoms with Crippen LogP contribution in [0.2, 0.25) is 0 Å². The van der Waals surface area contributed by atoms with Crippen molar-refractivity contribution >= 4 is 22.9 Å². The van der Waals surface area contributed by atoms with Crippen LogP contribution in [-0.4, -0.2) is 5.91 Å². The number of anilines is 1. The Hall–Kier alpha value is -1.61. The van der Waals surface area contributed by atoms with Gasteiger partial charge in [-0.05, 0) is 55.8 Å². The fourth-order valence-corrected chi connectivity index (χ4v) is 2.97. The lowest BCUT2D eigenvalue weighted by atomic mass is 10.0. The molecule has 2 nitrogen and oxygen atoms in total. The Labute approximate surface area is 112 Å². The maximum absolute atomic E-state index is 12.2. The van der Waals surface area contributed by atoms with Gasteiger partial charge in [0.1, 0.15) is 0 Å². The molecule has 2 rings (SSSR count). The topological polar surface area (TPSA) is 29.1 Å². The lowest BCUT2D eigenvalue weighted by Crippen LogP contribution is -2.13. The number of nitrogens with one attached hydrogen (secondary N) is 1. The van der Waals surface area contributed by atoms with Crippen LogP contribution in [-0.2, 0) is 0 Å². The first-order chi connectivity index (χ1) is 8.49. The average Bonchev–Trinajstić information content (AvgIpc) is 2.69. The molecule has 0 bridgehead atoms. The number of hydrogen-bond acceptors (Lipinski definition) is 2. The average molecular weight is 259 g/mol. The van der Waals surface area contributed by atoms with Crippen LogP contribution in [0.15, 0.2) is 23.6 Å². The highest BCUT2D eigenvalue weighted by molar-refractivity contribution is 7.12. The van der Waals surface area contributed by atoms with Crippen molar-refractivity contribution in [2.24, 2.45) is 0 Å². The first-order valence-electron chi connectivity index (χ1n) is 5.92. The van der Waals surface area contributed by atoms with Gasteiger partial charge in [0.2, 0.25) is 0 Å². The highest BCUT2D eigenvalue weighted by Crippen LogP contribution is 2.24. The molecular formula is C15H17NOS. The van der Waals surface area contributed by atoms with Crippen LogP contribution in [0.5, 0.6) is 0 Å². The molecule has 94 valence electrons. The minimum atomic E-state index is -0.0162. The molecule has 18 heavy (non-hydrogen) atoms. The first-order valence-corrected chi connectivity index (χ1v) is 6.80. The van der Waals surface area contributed by atoms with Gasteiger partial charge in [-0.2, -0.15) is 0 Å². The molecule has 0 unspecified atom stereocenters. The fraction of sp³-hybridized carbons (Fsp3) is 0.267. The van der Waals surface area contributed by atoms with E-state index in [0.29, 0.717) is 0 Å². The smallest absolute Gasteiger partial charge is 0.266 e. The number of rotatable bonds is 2. The molecule has 0 aliphatic heterocycles. The SMILES string of the molecule is Cc1cc(C)c(NC(=O)c2sccc2C)c(C)c1. The zero-order valence-electron chi connectivity index (χ0n) is 11.1. The summed E-state index contributed by atoms with van der Waals surface area (Å²) >= 11 is 1.48. The van der Waals surface area contributed by atoms with Crippen molar-refractivity contribution in [1.29, 1.82) is 0 Å². The van der Waals surface area contributed by atoms with E-state index in [4.69, 9.17) is 0 Å². The Morgan fingerprint density at radius 1 is 1.06 bits per heavy atom. The van der Waals surface area contributed by atoms with Crippen LogP contribution in [0.25, 0.3) is 0 Å². The second-order valence-corrected chi connectivity index (χ2v) is 5.58. The molecule has 0 fully saturated rings. The molecule has 2 aromatic rings. The monoisotopic (exact) mass is 259 g/mol. The van der Waals surface area contributed by atoms with E-state index in [-0.39, 0.29) is 5.91 Å². The van der Waals surface area contributed by atoms with Gasteiger partial charge >= 0.3 is 0 Å². The molecule has 0 aliphatic carbocycles. The molecule has 0 radical (unpaired) electrons. The summed E-state index contributed by atoms with van der Waals surface area (Å²) in [6.45, 7) is 8.07. The summed E-state index contributed by atoms with van der Waals surface area (Å²) in [7, 11) is 0. The lowest BCUT2D eigenvalue weighted by Gasteiger charge is -2.12. The number of hydrogen-bond donors (Lipinski definition) is 1. The molecular weight excluding hydrogens is 242 g/mol. The molecule has 0 spiro atoms. The summed E-state index contributed by atoms with van der Waals surface area (Å²) in [5.41, 5.74) is 5.39. The van der Waals surface area contributed by atoms with Crippen LogP contribution >= 0.6 is 11.3 Å². The van der Waals surface area contributed by atoms with E-state index in [1.807, 2.05) is 32.2 Å². The molecule has 3 heteroatoms. The third kappa shape index (κ3) is 2.46. The summed E-state index contributed by atoms with van der Waals surface area (Å²) in [4.78, 5) is 13.0. The van der Waals surface area contributed by atoms with Gasteiger partial charge in [-0.3, -0.25) is 4.79 Å². The molecule has 1 aromatic heterocycles. The third-order valence-electron chi connectivity index (χ3n) is 2.98. The highest BCUT2D eigenvalue weighted by atomic mass is 32.1. The predicted molar refractivity (Wildman–Crippen MR) is 77.7 cm³/mol. The van der Waals surface area contributed by atoms with Crippen molar-refractivity contribution in [1.82, 2.24) is 0 Å². The van der Waals surface area contributed by atoms with E-state index in [1.165, 1.54) is 16.9 Å². The molecule has 1 aromatic carbocycles. The summed E-state index contributed by atoms with van der Waals surface area (Å²) in [5.74, 6) is -0.0162. The van der Waals surface area contributed by atoms with Gasteiger partial charge in [0, 0.05) is 5.69 Å². The largest absolute Gasteiger partial charge is 0.321 e. The normalized spacial score (nSPS) is 10.4. The first kappa shape index (κ1) is 12.8. The second-order valence-electron chi connectivity index (χ2n) is 4.66. The molecule has 0 saturated heterocycles. The van der Waals surface area contributed by atoms with Gasteiger partial charge in [-0.1, -0.05) is 17.7 Å². The van der Waals surface area contributed by atoms with Gasteiger partial charge in [0.05, 0.1) is 4.88 Å². The van der Waals surface area contributed by atoms with E-state index in [9.17, 15) is 4.79 Å². The number of carbonyl (C=O) groups is 1. The molecule has 0 aliphatic rings. The summed E-state index contributed by atoms with van der Waals surface area (Å²) in [6, 6.07) is 6.14. The van der Waals surface area contributed by atoms with E-state index in [2.05, 4.69) is 24.4 Å². The lowest BCUT2D eigenvalue weighted by molar-refractivity contribution is 0.103. The van der Waals surface area contributed by atoms with E-state index in [0.717, 1.165) is 27.3 Å². The van der Waals surface area contributed by atoms with Gasteiger partial charge in [-0.15, -0.1) is 11.3 Å². The van der Waals surface area contributed by atoms with E-state index >= 15 is 0 Å². The number of aryl methyl sites for hydroxylation is 4. The van der Waals surface area contributed by atoms with Crippen molar-refractivity contribution in [3.63, 3.8) is 0 Å².